The van der Waals surface area contributed by atoms with Gasteiger partial charge >= 0.3 is 6.18 Å². The average Bonchev–Trinajstić information content (AvgIpc) is 2.60. The molecule has 3 rings (SSSR count). The number of benzene rings is 1. The Morgan fingerprint density at radius 2 is 1.59 bits per heavy atom. The summed E-state index contributed by atoms with van der Waals surface area (Å²) in [4.78, 5) is 1.78. The van der Waals surface area contributed by atoms with Gasteiger partial charge in [-0.3, -0.25) is 0 Å². The van der Waals surface area contributed by atoms with Crippen LogP contribution in [0.2, 0.25) is 0 Å². The molecule has 0 unspecified atom stereocenters. The molecule has 0 aliphatic carbocycles. The van der Waals surface area contributed by atoms with Crippen LogP contribution in [0.1, 0.15) is 19.4 Å². The maximum absolute atomic E-state index is 12.9. The van der Waals surface area contributed by atoms with E-state index in [0.717, 1.165) is 12.1 Å². The van der Waals surface area contributed by atoms with Gasteiger partial charge in [-0.1, -0.05) is 6.07 Å². The van der Waals surface area contributed by atoms with Crippen molar-refractivity contribution in [3.05, 3.63) is 29.8 Å². The van der Waals surface area contributed by atoms with Crippen LogP contribution in [0.3, 0.4) is 0 Å². The highest BCUT2D eigenvalue weighted by Gasteiger charge is 2.37. The number of halogens is 3. The molecule has 1 aromatic rings. The molecule has 0 amide bonds. The topological polar surface area (TPSA) is 53.1 Å². The minimum atomic E-state index is -4.40. The van der Waals surface area contributed by atoms with Crippen molar-refractivity contribution in [3.8, 4) is 0 Å². The molecule has 152 valence electrons. The molecule has 27 heavy (non-hydrogen) atoms. The molecule has 2 atom stereocenters. The Balaban J connectivity index is 1.67. The molecule has 2 fully saturated rings. The van der Waals surface area contributed by atoms with Crippen molar-refractivity contribution in [1.82, 2.24) is 8.61 Å². The van der Waals surface area contributed by atoms with E-state index in [4.69, 9.17) is 4.74 Å². The number of hydrogen-bond acceptors (Lipinski definition) is 4. The number of alkyl halides is 3. The Kier molecular flexibility index (Phi) is 5.72. The van der Waals surface area contributed by atoms with Gasteiger partial charge in [0.25, 0.3) is 10.2 Å². The number of nitrogens with zero attached hydrogens (tertiary/aromatic N) is 3. The van der Waals surface area contributed by atoms with Crippen LogP contribution in [-0.2, 0) is 21.1 Å². The van der Waals surface area contributed by atoms with Crippen molar-refractivity contribution in [2.24, 2.45) is 0 Å². The summed E-state index contributed by atoms with van der Waals surface area (Å²) < 4.78 is 72.9. The zero-order valence-corrected chi connectivity index (χ0v) is 16.1. The van der Waals surface area contributed by atoms with E-state index in [1.165, 1.54) is 14.7 Å². The van der Waals surface area contributed by atoms with E-state index in [0.29, 0.717) is 31.9 Å². The summed E-state index contributed by atoms with van der Waals surface area (Å²) in [7, 11) is -3.61. The maximum atomic E-state index is 12.9. The molecular formula is C17H24F3N3O3S. The van der Waals surface area contributed by atoms with Crippen LogP contribution in [0, 0.1) is 0 Å². The van der Waals surface area contributed by atoms with Crippen molar-refractivity contribution in [2.75, 3.05) is 44.2 Å². The van der Waals surface area contributed by atoms with Crippen molar-refractivity contribution in [2.45, 2.75) is 32.2 Å². The Labute approximate surface area is 157 Å². The molecule has 2 saturated heterocycles. The summed E-state index contributed by atoms with van der Waals surface area (Å²) >= 11 is 0. The first-order valence-electron chi connectivity index (χ1n) is 8.90. The zero-order chi connectivity index (χ0) is 19.8. The van der Waals surface area contributed by atoms with Crippen LogP contribution in [-0.4, -0.2) is 68.5 Å². The summed E-state index contributed by atoms with van der Waals surface area (Å²) in [5, 5.41) is 0. The fourth-order valence-electron chi connectivity index (χ4n) is 3.54. The van der Waals surface area contributed by atoms with Gasteiger partial charge in [-0.15, -0.1) is 0 Å². The van der Waals surface area contributed by atoms with Crippen LogP contribution in [0.15, 0.2) is 24.3 Å². The second-order valence-electron chi connectivity index (χ2n) is 7.02. The maximum Gasteiger partial charge on any atom is 0.416 e. The van der Waals surface area contributed by atoms with Crippen LogP contribution in [0.4, 0.5) is 18.9 Å². The van der Waals surface area contributed by atoms with E-state index in [2.05, 4.69) is 0 Å². The van der Waals surface area contributed by atoms with E-state index >= 15 is 0 Å². The number of morpholine rings is 1. The highest BCUT2D eigenvalue weighted by Crippen LogP contribution is 2.32. The number of anilines is 1. The Hall–Kier alpha value is -1.36. The van der Waals surface area contributed by atoms with Gasteiger partial charge in [-0.05, 0) is 32.0 Å². The predicted octanol–water partition coefficient (Wildman–Crippen LogP) is 2.18. The van der Waals surface area contributed by atoms with Crippen LogP contribution < -0.4 is 4.90 Å². The van der Waals surface area contributed by atoms with Gasteiger partial charge in [0.2, 0.25) is 0 Å². The van der Waals surface area contributed by atoms with E-state index < -0.39 is 21.9 Å². The van der Waals surface area contributed by atoms with Crippen LogP contribution in [0.25, 0.3) is 0 Å². The lowest BCUT2D eigenvalue weighted by atomic mass is 10.1. The molecule has 10 heteroatoms. The summed E-state index contributed by atoms with van der Waals surface area (Å²) in [5.74, 6) is 0. The van der Waals surface area contributed by atoms with Gasteiger partial charge in [0.1, 0.15) is 0 Å². The molecule has 0 N–H and O–H groups in total. The minimum Gasteiger partial charge on any atom is -0.373 e. The standard InChI is InChI=1S/C17H24F3N3O3S/c1-13-11-23(12-14(2)26-13)27(24,25)22-8-6-21(7-9-22)16-5-3-4-15(10-16)17(18,19)20/h3-5,10,13-14H,6-9,11-12H2,1-2H3/t13-,14+. The second kappa shape index (κ2) is 7.57. The molecule has 1 aromatic carbocycles. The molecule has 0 bridgehead atoms. The molecule has 2 aliphatic heterocycles. The van der Waals surface area contributed by atoms with Gasteiger partial charge in [0.05, 0.1) is 17.8 Å². The second-order valence-corrected chi connectivity index (χ2v) is 8.94. The van der Waals surface area contributed by atoms with E-state index in [1.54, 1.807) is 11.0 Å². The van der Waals surface area contributed by atoms with E-state index in [9.17, 15) is 21.6 Å². The average molecular weight is 407 g/mol. The molecule has 0 spiro atoms. The first kappa shape index (κ1) is 20.4. The van der Waals surface area contributed by atoms with Crippen LogP contribution in [0.5, 0.6) is 0 Å². The van der Waals surface area contributed by atoms with E-state index in [-0.39, 0.29) is 25.3 Å². The lowest BCUT2D eigenvalue weighted by Gasteiger charge is -2.40. The van der Waals surface area contributed by atoms with Crippen molar-refractivity contribution < 1.29 is 26.3 Å². The molecule has 0 saturated carbocycles. The number of piperazine rings is 1. The predicted molar refractivity (Wildman–Crippen MR) is 95.7 cm³/mol. The monoisotopic (exact) mass is 407 g/mol. The third-order valence-corrected chi connectivity index (χ3v) is 6.78. The summed E-state index contributed by atoms with van der Waals surface area (Å²) in [6, 6.07) is 5.13. The van der Waals surface area contributed by atoms with Crippen LogP contribution >= 0.6 is 0 Å². The summed E-state index contributed by atoms with van der Waals surface area (Å²) in [5.41, 5.74) is -0.248. The smallest absolute Gasteiger partial charge is 0.373 e. The van der Waals surface area contributed by atoms with Crippen molar-refractivity contribution in [3.63, 3.8) is 0 Å². The van der Waals surface area contributed by atoms with E-state index in [1.807, 2.05) is 13.8 Å². The third kappa shape index (κ3) is 4.56. The van der Waals surface area contributed by atoms with Crippen molar-refractivity contribution in [1.29, 1.82) is 0 Å². The zero-order valence-electron chi connectivity index (χ0n) is 15.3. The number of rotatable bonds is 3. The molecule has 0 aromatic heterocycles. The Bertz CT molecular complexity index is 754. The fourth-order valence-corrected chi connectivity index (χ4v) is 5.29. The van der Waals surface area contributed by atoms with Gasteiger partial charge < -0.3 is 9.64 Å². The minimum absolute atomic E-state index is 0.171. The number of hydrogen-bond donors (Lipinski definition) is 0. The Morgan fingerprint density at radius 1 is 1.00 bits per heavy atom. The normalized spacial score (nSPS) is 26.3. The van der Waals surface area contributed by atoms with Crippen molar-refractivity contribution >= 4 is 15.9 Å². The van der Waals surface area contributed by atoms with Gasteiger partial charge in [0, 0.05) is 45.0 Å². The highest BCUT2D eigenvalue weighted by atomic mass is 32.2. The fraction of sp³-hybridized carbons (Fsp3) is 0.647. The quantitative estimate of drug-likeness (QED) is 0.771. The SMILES string of the molecule is C[C@@H]1CN(S(=O)(=O)N2CCN(c3cccc(C(F)(F)F)c3)CC2)C[C@H](C)O1. The molecular weight excluding hydrogens is 383 g/mol. The molecule has 6 nitrogen and oxygen atoms in total. The molecule has 2 aliphatic rings. The lowest BCUT2D eigenvalue weighted by Crippen LogP contribution is -2.57. The first-order chi connectivity index (χ1) is 12.6. The Morgan fingerprint density at radius 3 is 2.15 bits per heavy atom. The first-order valence-corrected chi connectivity index (χ1v) is 10.3. The third-order valence-electron chi connectivity index (χ3n) is 4.82. The van der Waals surface area contributed by atoms with Gasteiger partial charge in [0.15, 0.2) is 0 Å². The molecule has 0 radical (unpaired) electrons. The summed E-state index contributed by atoms with van der Waals surface area (Å²) in [6.45, 7) is 5.44. The molecule has 2 heterocycles. The largest absolute Gasteiger partial charge is 0.416 e. The summed E-state index contributed by atoms with van der Waals surface area (Å²) in [6.07, 6.45) is -4.74. The highest BCUT2D eigenvalue weighted by molar-refractivity contribution is 7.86. The lowest BCUT2D eigenvalue weighted by molar-refractivity contribution is -0.137. The van der Waals surface area contributed by atoms with Gasteiger partial charge in [-0.25, -0.2) is 0 Å². The van der Waals surface area contributed by atoms with Gasteiger partial charge in [-0.2, -0.15) is 30.2 Å². The number of ether oxygens (including phenoxy) is 1.